The number of carbonyl (C=O) groups excluding carboxylic acids is 1. The van der Waals surface area contributed by atoms with E-state index in [1.165, 1.54) is 11.0 Å². The highest BCUT2D eigenvalue weighted by atomic mass is 35.5. The van der Waals surface area contributed by atoms with E-state index in [1.807, 2.05) is 43.0 Å². The lowest BCUT2D eigenvalue weighted by Crippen LogP contribution is -2.48. The summed E-state index contributed by atoms with van der Waals surface area (Å²) in [7, 11) is 1.70. The summed E-state index contributed by atoms with van der Waals surface area (Å²) in [6.45, 7) is 5.05. The van der Waals surface area contributed by atoms with Gasteiger partial charge in [0.15, 0.2) is 5.82 Å². The lowest BCUT2D eigenvalue weighted by Gasteiger charge is -2.30. The Balaban J connectivity index is 1.46. The number of guanidine groups is 1. The highest BCUT2D eigenvalue weighted by molar-refractivity contribution is 6.35. The van der Waals surface area contributed by atoms with Crippen molar-refractivity contribution in [1.29, 1.82) is 0 Å². The second-order valence-corrected chi connectivity index (χ2v) is 8.72. The molecule has 0 fully saturated rings. The number of aliphatic imine (C=N–C) groups is 1. The molecule has 0 saturated heterocycles. The molecule has 158 valence electrons. The molecule has 0 aliphatic carbocycles. The van der Waals surface area contributed by atoms with E-state index in [1.54, 1.807) is 23.9 Å². The van der Waals surface area contributed by atoms with Crippen molar-refractivity contribution in [1.82, 2.24) is 19.7 Å². The minimum absolute atomic E-state index is 0.216. The minimum Gasteiger partial charge on any atom is -0.292 e. The Morgan fingerprint density at radius 3 is 2.61 bits per heavy atom. The zero-order valence-corrected chi connectivity index (χ0v) is 18.1. The number of carbonyl (C=O) groups is 1. The largest absolute Gasteiger partial charge is 0.292 e. The molecule has 5 rings (SSSR count). The molecule has 2 aliphatic heterocycles. The number of rotatable bonds is 3. The second-order valence-electron chi connectivity index (χ2n) is 8.36. The van der Waals surface area contributed by atoms with Crippen molar-refractivity contribution in [2.75, 3.05) is 18.5 Å². The Hall–Kier alpha value is -3.26. The summed E-state index contributed by atoms with van der Waals surface area (Å²) in [5, 5.41) is 4.95. The van der Waals surface area contributed by atoms with Gasteiger partial charge in [-0.3, -0.25) is 14.6 Å². The van der Waals surface area contributed by atoms with E-state index in [9.17, 15) is 9.18 Å². The Bertz CT molecular complexity index is 1230. The number of benzene rings is 1. The van der Waals surface area contributed by atoms with Crippen LogP contribution in [0, 0.1) is 5.95 Å². The fourth-order valence-corrected chi connectivity index (χ4v) is 4.20. The second kappa shape index (κ2) is 6.88. The Kier molecular flexibility index (Phi) is 4.37. The molecule has 0 radical (unpaired) electrons. The summed E-state index contributed by atoms with van der Waals surface area (Å²) >= 11 is 6.59. The number of halogens is 2. The van der Waals surface area contributed by atoms with Gasteiger partial charge in [0.05, 0.1) is 24.3 Å². The van der Waals surface area contributed by atoms with Crippen LogP contribution in [0.3, 0.4) is 0 Å². The number of pyridine rings is 1. The van der Waals surface area contributed by atoms with Gasteiger partial charge in [0, 0.05) is 12.6 Å². The quantitative estimate of drug-likeness (QED) is 0.583. The number of hydrogen-bond acceptors (Lipinski definition) is 5. The molecule has 0 spiro atoms. The van der Waals surface area contributed by atoms with Crippen LogP contribution in [-0.2, 0) is 6.54 Å². The van der Waals surface area contributed by atoms with Gasteiger partial charge < -0.3 is 0 Å². The maximum absolute atomic E-state index is 13.4. The molecule has 1 aromatic carbocycles. The highest BCUT2D eigenvalue weighted by Crippen LogP contribution is 2.37. The number of fused-ring (bicyclic) bond motifs is 3. The third kappa shape index (κ3) is 3.27. The maximum Gasteiger partial charge on any atom is 0.267 e. The maximum atomic E-state index is 13.4. The highest BCUT2D eigenvalue weighted by Gasteiger charge is 2.44. The summed E-state index contributed by atoms with van der Waals surface area (Å²) in [5.74, 6) is 0.401. The Labute approximate surface area is 183 Å². The van der Waals surface area contributed by atoms with Gasteiger partial charge in [-0.05, 0) is 31.5 Å². The summed E-state index contributed by atoms with van der Waals surface area (Å²) in [6, 6.07) is 12.3. The van der Waals surface area contributed by atoms with Gasteiger partial charge in [-0.1, -0.05) is 41.9 Å². The van der Waals surface area contributed by atoms with Crippen molar-refractivity contribution in [3.63, 3.8) is 0 Å². The van der Waals surface area contributed by atoms with Crippen LogP contribution in [0.1, 0.15) is 29.8 Å². The number of anilines is 1. The van der Waals surface area contributed by atoms with E-state index in [4.69, 9.17) is 11.6 Å². The van der Waals surface area contributed by atoms with Crippen molar-refractivity contribution in [2.45, 2.75) is 25.9 Å². The number of nitrogens with zero attached hydrogens (tertiary/aromatic N) is 6. The van der Waals surface area contributed by atoms with Crippen molar-refractivity contribution in [3.05, 3.63) is 64.7 Å². The fraction of sp³-hybridized carbons (Fsp3) is 0.273. The van der Waals surface area contributed by atoms with Gasteiger partial charge in [0.1, 0.15) is 10.7 Å². The third-order valence-electron chi connectivity index (χ3n) is 5.43. The first-order valence-electron chi connectivity index (χ1n) is 9.87. The molecule has 0 saturated carbocycles. The molecule has 0 unspecified atom stereocenters. The Morgan fingerprint density at radius 1 is 1.16 bits per heavy atom. The van der Waals surface area contributed by atoms with Gasteiger partial charge in [0.2, 0.25) is 11.9 Å². The molecule has 2 aromatic heterocycles. The summed E-state index contributed by atoms with van der Waals surface area (Å²) in [4.78, 5) is 25.0. The third-order valence-corrected chi connectivity index (χ3v) is 5.82. The average Bonchev–Trinajstić information content (AvgIpc) is 3.23. The molecule has 1 amide bonds. The van der Waals surface area contributed by atoms with E-state index in [0.717, 1.165) is 11.1 Å². The van der Waals surface area contributed by atoms with Crippen LogP contribution in [0.5, 0.6) is 0 Å². The van der Waals surface area contributed by atoms with Crippen LogP contribution >= 0.6 is 11.6 Å². The van der Waals surface area contributed by atoms with Gasteiger partial charge in [-0.25, -0.2) is 14.7 Å². The predicted octanol–water partition coefficient (Wildman–Crippen LogP) is 3.83. The molecule has 0 N–H and O–H groups in total. The molecular weight excluding hydrogens is 419 g/mol. The van der Waals surface area contributed by atoms with E-state index in [-0.39, 0.29) is 11.4 Å². The van der Waals surface area contributed by atoms with Crippen molar-refractivity contribution >= 4 is 29.3 Å². The van der Waals surface area contributed by atoms with Crippen LogP contribution in [0.15, 0.2) is 47.5 Å². The van der Waals surface area contributed by atoms with Crippen LogP contribution in [0.2, 0.25) is 5.15 Å². The average molecular weight is 439 g/mol. The topological polar surface area (TPSA) is 66.6 Å². The first kappa shape index (κ1) is 19.7. The normalized spacial score (nSPS) is 16.9. The van der Waals surface area contributed by atoms with Gasteiger partial charge in [-0.2, -0.15) is 9.49 Å². The molecule has 3 aromatic rings. The van der Waals surface area contributed by atoms with E-state index < -0.39 is 5.95 Å². The molecule has 0 atom stereocenters. The fourth-order valence-electron chi connectivity index (χ4n) is 3.94. The van der Waals surface area contributed by atoms with Crippen LogP contribution in [-0.4, -0.2) is 50.7 Å². The van der Waals surface area contributed by atoms with Crippen LogP contribution < -0.4 is 4.90 Å². The lowest BCUT2D eigenvalue weighted by atomic mass is 10.1. The summed E-state index contributed by atoms with van der Waals surface area (Å²) < 4.78 is 15.0. The molecule has 9 heteroatoms. The molecule has 2 aliphatic rings. The van der Waals surface area contributed by atoms with E-state index in [0.29, 0.717) is 41.3 Å². The summed E-state index contributed by atoms with van der Waals surface area (Å²) in [5.41, 5.74) is 2.39. The standard InChI is InChI=1S/C22H20ClFN6O/c1-22(2)12-29-19-17(20(31)28(3)21(29)26-22)18(23)30(27-19)11-13-7-9-14(10-8-13)15-5-4-6-16(24)25-15/h4-10H,11-12H2,1-3H3. The monoisotopic (exact) mass is 438 g/mol. The van der Waals surface area contributed by atoms with E-state index >= 15 is 0 Å². The molecule has 7 nitrogen and oxygen atoms in total. The molecule has 31 heavy (non-hydrogen) atoms. The zero-order chi connectivity index (χ0) is 21.9. The number of aromatic nitrogens is 3. The van der Waals surface area contributed by atoms with Crippen molar-refractivity contribution in [3.8, 4) is 11.3 Å². The van der Waals surface area contributed by atoms with Crippen LogP contribution in [0.25, 0.3) is 11.3 Å². The summed E-state index contributed by atoms with van der Waals surface area (Å²) in [6.07, 6.45) is 0. The van der Waals surface area contributed by atoms with Gasteiger partial charge >= 0.3 is 0 Å². The molecular formula is C22H20ClFN6O. The lowest BCUT2D eigenvalue weighted by molar-refractivity contribution is 0.0865. The molecule has 4 heterocycles. The minimum atomic E-state index is -0.516. The zero-order valence-electron chi connectivity index (χ0n) is 17.3. The number of hydrogen-bond donors (Lipinski definition) is 0. The van der Waals surface area contributed by atoms with Gasteiger partial charge in [0.25, 0.3) is 5.91 Å². The smallest absolute Gasteiger partial charge is 0.267 e. The molecule has 0 bridgehead atoms. The van der Waals surface area contributed by atoms with Crippen molar-refractivity contribution in [2.24, 2.45) is 4.99 Å². The van der Waals surface area contributed by atoms with Gasteiger partial charge in [-0.15, -0.1) is 0 Å². The SMILES string of the molecule is CN1C(=O)c2c(nn(Cc3ccc(-c4cccc(F)n4)cc3)c2Cl)N2CC(C)(C)N=C12. The predicted molar refractivity (Wildman–Crippen MR) is 117 cm³/mol. The first-order valence-corrected chi connectivity index (χ1v) is 10.2. The van der Waals surface area contributed by atoms with E-state index in [2.05, 4.69) is 15.1 Å². The first-order chi connectivity index (χ1) is 14.7. The Morgan fingerprint density at radius 2 is 1.90 bits per heavy atom. The number of amides is 1. The van der Waals surface area contributed by atoms with Crippen LogP contribution in [0.4, 0.5) is 10.2 Å². The van der Waals surface area contributed by atoms with Crippen molar-refractivity contribution < 1.29 is 9.18 Å².